The summed E-state index contributed by atoms with van der Waals surface area (Å²) in [6.45, 7) is 1.44. The highest BCUT2D eigenvalue weighted by Gasteiger charge is 2.27. The summed E-state index contributed by atoms with van der Waals surface area (Å²) >= 11 is 6.09. The van der Waals surface area contributed by atoms with Gasteiger partial charge in [-0.1, -0.05) is 23.4 Å². The second-order valence-corrected chi connectivity index (χ2v) is 6.79. The predicted molar refractivity (Wildman–Crippen MR) is 79.6 cm³/mol. The van der Waals surface area contributed by atoms with E-state index < -0.39 is 10.0 Å². The number of benzene rings is 1. The minimum atomic E-state index is -3.63. The van der Waals surface area contributed by atoms with Gasteiger partial charge >= 0.3 is 0 Å². The van der Waals surface area contributed by atoms with Gasteiger partial charge in [-0.05, 0) is 24.6 Å². The summed E-state index contributed by atoms with van der Waals surface area (Å²) < 4.78 is 31.8. The lowest BCUT2D eigenvalue weighted by atomic mass is 10.2. The number of rotatable bonds is 2. The second-order valence-electron chi connectivity index (χ2n) is 4.48. The lowest BCUT2D eigenvalue weighted by Crippen LogP contribution is -2.33. The summed E-state index contributed by atoms with van der Waals surface area (Å²) in [5.74, 6) is 5.18. The summed E-state index contributed by atoms with van der Waals surface area (Å²) in [6.07, 6.45) is 0.664. The first-order valence-corrected chi connectivity index (χ1v) is 8.34. The van der Waals surface area contributed by atoms with E-state index in [2.05, 4.69) is 11.8 Å². The fraction of sp³-hybridized carbons (Fsp3) is 0.429. The lowest BCUT2D eigenvalue weighted by molar-refractivity contribution is 0.148. The number of hydrogen-bond acceptors (Lipinski definition) is 4. The van der Waals surface area contributed by atoms with E-state index in [1.165, 1.54) is 16.4 Å². The van der Waals surface area contributed by atoms with Crippen LogP contribution in [0.4, 0.5) is 0 Å². The van der Waals surface area contributed by atoms with E-state index >= 15 is 0 Å². The number of nitrogens with zero attached hydrogens (tertiary/aromatic N) is 1. The van der Waals surface area contributed by atoms with Crippen LogP contribution in [-0.2, 0) is 14.8 Å². The highest BCUT2D eigenvalue weighted by Crippen LogP contribution is 2.26. The Labute approximate surface area is 129 Å². The van der Waals surface area contributed by atoms with Gasteiger partial charge in [0, 0.05) is 25.3 Å². The molecule has 0 aliphatic carbocycles. The molecule has 0 unspecified atom stereocenters. The summed E-state index contributed by atoms with van der Waals surface area (Å²) in [6, 6.07) is 4.52. The van der Waals surface area contributed by atoms with E-state index in [0.29, 0.717) is 38.3 Å². The fourth-order valence-corrected chi connectivity index (χ4v) is 4.01. The van der Waals surface area contributed by atoms with E-state index in [-0.39, 0.29) is 16.5 Å². The van der Waals surface area contributed by atoms with Gasteiger partial charge in [0.1, 0.15) is 11.5 Å². The molecule has 0 radical (unpaired) electrons. The number of halogens is 1. The van der Waals surface area contributed by atoms with Crippen LogP contribution in [0.5, 0.6) is 0 Å². The van der Waals surface area contributed by atoms with Crippen LogP contribution in [0.3, 0.4) is 0 Å². The van der Waals surface area contributed by atoms with Crippen molar-refractivity contribution in [3.05, 3.63) is 28.8 Å². The highest BCUT2D eigenvalue weighted by molar-refractivity contribution is 7.89. The van der Waals surface area contributed by atoms with E-state index in [1.54, 1.807) is 6.07 Å². The summed E-state index contributed by atoms with van der Waals surface area (Å²) in [4.78, 5) is 0.0700. The van der Waals surface area contributed by atoms with Crippen molar-refractivity contribution in [2.45, 2.75) is 11.3 Å². The molecule has 1 saturated heterocycles. The molecule has 21 heavy (non-hydrogen) atoms. The molecule has 0 amide bonds. The van der Waals surface area contributed by atoms with Crippen molar-refractivity contribution in [2.75, 3.05) is 32.9 Å². The molecule has 0 aromatic heterocycles. The maximum absolute atomic E-state index is 12.6. The highest BCUT2D eigenvalue weighted by atomic mass is 35.5. The van der Waals surface area contributed by atoms with Crippen LogP contribution < -0.4 is 0 Å². The molecule has 1 aromatic carbocycles. The summed E-state index contributed by atoms with van der Waals surface area (Å²) in [7, 11) is -3.63. The van der Waals surface area contributed by atoms with Gasteiger partial charge in [-0.2, -0.15) is 4.31 Å². The third-order valence-electron chi connectivity index (χ3n) is 3.04. The van der Waals surface area contributed by atoms with Crippen LogP contribution in [0.25, 0.3) is 0 Å². The molecule has 1 N–H and O–H groups in total. The maximum atomic E-state index is 12.6. The molecule has 0 atom stereocenters. The molecule has 1 aromatic rings. The lowest BCUT2D eigenvalue weighted by Gasteiger charge is -2.20. The molecule has 1 fully saturated rings. The molecule has 114 valence electrons. The molecular weight excluding hydrogens is 314 g/mol. The van der Waals surface area contributed by atoms with Crippen molar-refractivity contribution in [3.63, 3.8) is 0 Å². The molecule has 1 aliphatic rings. The zero-order chi connectivity index (χ0) is 15.3. The van der Waals surface area contributed by atoms with Gasteiger partial charge < -0.3 is 9.84 Å². The van der Waals surface area contributed by atoms with Crippen LogP contribution in [-0.4, -0.2) is 50.7 Å². The van der Waals surface area contributed by atoms with E-state index in [0.717, 1.165) is 0 Å². The Morgan fingerprint density at radius 3 is 2.86 bits per heavy atom. The van der Waals surface area contributed by atoms with Gasteiger partial charge in [0.05, 0.1) is 11.6 Å². The smallest absolute Gasteiger partial charge is 0.244 e. The molecule has 7 heteroatoms. The van der Waals surface area contributed by atoms with Crippen LogP contribution in [0.1, 0.15) is 12.0 Å². The van der Waals surface area contributed by atoms with E-state index in [4.69, 9.17) is 21.4 Å². The number of ether oxygens (including phenoxy) is 1. The minimum Gasteiger partial charge on any atom is -0.384 e. The second kappa shape index (κ2) is 7.25. The summed E-state index contributed by atoms with van der Waals surface area (Å²) in [5, 5.41) is 8.79. The Balaban J connectivity index is 2.31. The Hall–Kier alpha value is -1.10. The quantitative estimate of drug-likeness (QED) is 0.825. The maximum Gasteiger partial charge on any atom is 0.244 e. The molecule has 1 heterocycles. The van der Waals surface area contributed by atoms with Crippen molar-refractivity contribution in [2.24, 2.45) is 0 Å². The number of aliphatic hydroxyl groups excluding tert-OH is 1. The van der Waals surface area contributed by atoms with Crippen LogP contribution in [0.15, 0.2) is 23.1 Å². The van der Waals surface area contributed by atoms with Crippen LogP contribution in [0, 0.1) is 11.8 Å². The Kier molecular flexibility index (Phi) is 5.62. The number of aliphatic hydroxyl groups is 1. The third-order valence-corrected chi connectivity index (χ3v) is 5.42. The normalized spacial score (nSPS) is 16.9. The number of sulfonamides is 1. The molecule has 0 bridgehead atoms. The van der Waals surface area contributed by atoms with Gasteiger partial charge in [-0.25, -0.2) is 8.42 Å². The zero-order valence-electron chi connectivity index (χ0n) is 11.4. The van der Waals surface area contributed by atoms with Gasteiger partial charge in [-0.15, -0.1) is 0 Å². The Morgan fingerprint density at radius 2 is 2.14 bits per heavy atom. The van der Waals surface area contributed by atoms with Crippen molar-refractivity contribution < 1.29 is 18.3 Å². The van der Waals surface area contributed by atoms with Crippen LogP contribution >= 0.6 is 11.6 Å². The van der Waals surface area contributed by atoms with Crippen molar-refractivity contribution in [1.82, 2.24) is 4.31 Å². The molecular formula is C14H16ClNO4S. The number of hydrogen-bond donors (Lipinski definition) is 1. The molecule has 0 spiro atoms. The van der Waals surface area contributed by atoms with Crippen molar-refractivity contribution >= 4 is 21.6 Å². The molecule has 2 rings (SSSR count). The van der Waals surface area contributed by atoms with Gasteiger partial charge in [0.25, 0.3) is 0 Å². The van der Waals surface area contributed by atoms with Crippen molar-refractivity contribution in [1.29, 1.82) is 0 Å². The SMILES string of the molecule is O=S(=O)(c1ccc(C#CCO)cc1Cl)N1CCCOCC1. The monoisotopic (exact) mass is 329 g/mol. The summed E-state index contributed by atoms with van der Waals surface area (Å²) in [5.41, 5.74) is 0.562. The third kappa shape index (κ3) is 3.96. The first-order valence-electron chi connectivity index (χ1n) is 6.53. The minimum absolute atomic E-state index is 0.0700. The fourth-order valence-electron chi connectivity index (χ4n) is 2.03. The van der Waals surface area contributed by atoms with Gasteiger partial charge in [-0.3, -0.25) is 0 Å². The van der Waals surface area contributed by atoms with Gasteiger partial charge in [0.15, 0.2) is 0 Å². The van der Waals surface area contributed by atoms with E-state index in [1.807, 2.05) is 0 Å². The Morgan fingerprint density at radius 1 is 1.33 bits per heavy atom. The van der Waals surface area contributed by atoms with Gasteiger partial charge in [0.2, 0.25) is 10.0 Å². The van der Waals surface area contributed by atoms with Crippen LogP contribution in [0.2, 0.25) is 5.02 Å². The Bertz CT molecular complexity index is 655. The standard InChI is InChI=1S/C14H16ClNO4S/c15-13-11-12(3-1-8-17)4-5-14(13)21(18,19)16-6-2-9-20-10-7-16/h4-5,11,17H,2,6-10H2. The molecule has 0 saturated carbocycles. The van der Waals surface area contributed by atoms with Crippen molar-refractivity contribution in [3.8, 4) is 11.8 Å². The van der Waals surface area contributed by atoms with E-state index in [9.17, 15) is 8.42 Å². The molecule has 1 aliphatic heterocycles. The first-order chi connectivity index (χ1) is 10.1. The largest absolute Gasteiger partial charge is 0.384 e. The average Bonchev–Trinajstić information content (AvgIpc) is 2.74. The average molecular weight is 330 g/mol. The topological polar surface area (TPSA) is 66.8 Å². The zero-order valence-corrected chi connectivity index (χ0v) is 13.0. The molecule has 5 nitrogen and oxygen atoms in total. The predicted octanol–water partition coefficient (Wildman–Crippen LogP) is 1.09. The first kappa shape index (κ1) is 16.3.